The minimum Gasteiger partial charge on any atom is -0.394 e. The molecule has 0 radical (unpaired) electrons. The molecule has 1 aliphatic rings. The summed E-state index contributed by atoms with van der Waals surface area (Å²) in [6.07, 6.45) is 54.4. The molecule has 0 spiro atoms. The van der Waals surface area contributed by atoms with Crippen LogP contribution in [-0.2, 0) is 14.3 Å². The Kier molecular flexibility index (Phi) is 50.8. The average molecular weight is 1070 g/mol. The van der Waals surface area contributed by atoms with Crippen LogP contribution in [-0.4, -0.2) is 110 Å². The van der Waals surface area contributed by atoms with Gasteiger partial charge in [-0.1, -0.05) is 289 Å². The van der Waals surface area contributed by atoms with Crippen molar-refractivity contribution in [1.29, 1.82) is 0 Å². The second kappa shape index (κ2) is 53.2. The third-order valence-electron chi connectivity index (χ3n) is 15.8. The molecule has 0 saturated carbocycles. The molecule has 9 atom stereocenters. The first-order chi connectivity index (χ1) is 36.7. The van der Waals surface area contributed by atoms with Gasteiger partial charge in [-0.05, 0) is 44.9 Å². The van der Waals surface area contributed by atoms with Crippen molar-refractivity contribution in [2.24, 2.45) is 0 Å². The summed E-state index contributed by atoms with van der Waals surface area (Å²) < 4.78 is 11.1. The van der Waals surface area contributed by atoms with Crippen LogP contribution in [0.1, 0.15) is 309 Å². The van der Waals surface area contributed by atoms with Gasteiger partial charge in [0.2, 0.25) is 5.91 Å². The highest BCUT2D eigenvalue weighted by Gasteiger charge is 2.44. The molecule has 0 aromatic heterocycles. The maximum Gasteiger partial charge on any atom is 0.249 e. The number of hydrogen-bond acceptors (Lipinski definition) is 10. The Morgan fingerprint density at radius 1 is 0.467 bits per heavy atom. The number of amides is 1. The Morgan fingerprint density at radius 3 is 1.19 bits per heavy atom. The number of hydrogen-bond donors (Lipinski definition) is 8. The van der Waals surface area contributed by atoms with Crippen molar-refractivity contribution in [2.45, 2.75) is 364 Å². The average Bonchev–Trinajstić information content (AvgIpc) is 3.41. The highest BCUT2D eigenvalue weighted by atomic mass is 16.7. The molecule has 0 aromatic carbocycles. The topological polar surface area (TPSA) is 189 Å². The second-order valence-electron chi connectivity index (χ2n) is 22.8. The third-order valence-corrected chi connectivity index (χ3v) is 15.8. The summed E-state index contributed by atoms with van der Waals surface area (Å²) in [5, 5.41) is 75.9. The summed E-state index contributed by atoms with van der Waals surface area (Å²) in [6, 6.07) is -1.16. The molecule has 9 unspecified atom stereocenters. The lowest BCUT2D eigenvalue weighted by molar-refractivity contribution is -0.303. The summed E-state index contributed by atoms with van der Waals surface area (Å²) in [4.78, 5) is 13.2. The van der Waals surface area contributed by atoms with Gasteiger partial charge >= 0.3 is 0 Å². The van der Waals surface area contributed by atoms with Crippen LogP contribution in [0.25, 0.3) is 0 Å². The quantitative estimate of drug-likeness (QED) is 0.0215. The summed E-state index contributed by atoms with van der Waals surface area (Å²) in [6.45, 7) is 3.45. The van der Waals surface area contributed by atoms with E-state index in [1.165, 1.54) is 225 Å². The molecule has 1 saturated heterocycles. The normalized spacial score (nSPS) is 19.8. The van der Waals surface area contributed by atoms with Crippen LogP contribution in [0, 0.1) is 0 Å². The van der Waals surface area contributed by atoms with Crippen molar-refractivity contribution in [3.05, 3.63) is 24.3 Å². The molecule has 1 amide bonds. The van der Waals surface area contributed by atoms with E-state index in [2.05, 4.69) is 43.5 Å². The SMILES string of the molecule is CCCCCCCCCCCCCCCCC/C=C\C/C=C\CCCCCCCCCCCCCCCCCCC(O)C(=O)NC(COC1OC(CO)C(O)C(O)C1O)C(O)C(O)CCCCCCCCCCCC. The van der Waals surface area contributed by atoms with Gasteiger partial charge < -0.3 is 50.5 Å². The van der Waals surface area contributed by atoms with Gasteiger partial charge in [0, 0.05) is 0 Å². The molecule has 11 heteroatoms. The van der Waals surface area contributed by atoms with Crippen molar-refractivity contribution in [1.82, 2.24) is 5.32 Å². The summed E-state index contributed by atoms with van der Waals surface area (Å²) in [7, 11) is 0. The van der Waals surface area contributed by atoms with Gasteiger partial charge in [0.25, 0.3) is 0 Å². The highest BCUT2D eigenvalue weighted by Crippen LogP contribution is 2.24. The van der Waals surface area contributed by atoms with Crippen molar-refractivity contribution < 1.29 is 50.0 Å². The molecule has 1 heterocycles. The van der Waals surface area contributed by atoms with E-state index in [1.807, 2.05) is 0 Å². The Labute approximate surface area is 461 Å². The molecule has 11 nitrogen and oxygen atoms in total. The number of carbonyl (C=O) groups excluding carboxylic acids is 1. The number of allylic oxidation sites excluding steroid dienone is 4. The largest absolute Gasteiger partial charge is 0.394 e. The van der Waals surface area contributed by atoms with Crippen LogP contribution < -0.4 is 5.32 Å². The smallest absolute Gasteiger partial charge is 0.249 e. The van der Waals surface area contributed by atoms with E-state index in [9.17, 15) is 40.5 Å². The molecule has 75 heavy (non-hydrogen) atoms. The number of ether oxygens (including phenoxy) is 2. The van der Waals surface area contributed by atoms with E-state index in [0.29, 0.717) is 19.3 Å². The molecular formula is C64H123NO10. The second-order valence-corrected chi connectivity index (χ2v) is 22.8. The van der Waals surface area contributed by atoms with Gasteiger partial charge in [-0.15, -0.1) is 0 Å². The molecule has 0 aliphatic carbocycles. The van der Waals surface area contributed by atoms with E-state index >= 15 is 0 Å². The molecular weight excluding hydrogens is 943 g/mol. The van der Waals surface area contributed by atoms with Gasteiger partial charge in [0.05, 0.1) is 25.4 Å². The number of carbonyl (C=O) groups is 1. The van der Waals surface area contributed by atoms with Crippen LogP contribution >= 0.6 is 0 Å². The van der Waals surface area contributed by atoms with Gasteiger partial charge in [-0.2, -0.15) is 0 Å². The molecule has 1 rings (SSSR count). The number of unbranched alkanes of at least 4 members (excludes halogenated alkanes) is 40. The highest BCUT2D eigenvalue weighted by molar-refractivity contribution is 5.80. The Hall–Kier alpha value is -1.41. The van der Waals surface area contributed by atoms with Crippen LogP contribution in [0.2, 0.25) is 0 Å². The monoisotopic (exact) mass is 1070 g/mol. The molecule has 8 N–H and O–H groups in total. The summed E-state index contributed by atoms with van der Waals surface area (Å²) in [5.74, 6) is -0.694. The Morgan fingerprint density at radius 2 is 0.813 bits per heavy atom. The van der Waals surface area contributed by atoms with E-state index in [-0.39, 0.29) is 6.42 Å². The molecule has 1 fully saturated rings. The van der Waals surface area contributed by atoms with Crippen LogP contribution in [0.3, 0.4) is 0 Å². The van der Waals surface area contributed by atoms with Crippen molar-refractivity contribution in [3.63, 3.8) is 0 Å². The number of nitrogens with one attached hydrogen (secondary N) is 1. The van der Waals surface area contributed by atoms with Gasteiger partial charge in [-0.25, -0.2) is 0 Å². The lowest BCUT2D eigenvalue weighted by Crippen LogP contribution is -2.60. The lowest BCUT2D eigenvalue weighted by atomic mass is 9.98. The van der Waals surface area contributed by atoms with Crippen molar-refractivity contribution in [3.8, 4) is 0 Å². The zero-order valence-electron chi connectivity index (χ0n) is 48.8. The van der Waals surface area contributed by atoms with Gasteiger partial charge in [-0.3, -0.25) is 4.79 Å². The van der Waals surface area contributed by atoms with E-state index in [4.69, 9.17) is 9.47 Å². The minimum absolute atomic E-state index is 0.262. The molecule has 1 aliphatic heterocycles. The first kappa shape index (κ1) is 71.6. The first-order valence-corrected chi connectivity index (χ1v) is 32.2. The third kappa shape index (κ3) is 41.3. The van der Waals surface area contributed by atoms with Crippen LogP contribution in [0.5, 0.6) is 0 Å². The van der Waals surface area contributed by atoms with Crippen LogP contribution in [0.15, 0.2) is 24.3 Å². The zero-order valence-corrected chi connectivity index (χ0v) is 48.8. The molecule has 0 bridgehead atoms. The predicted octanol–water partition coefficient (Wildman–Crippen LogP) is 14.5. The fraction of sp³-hybridized carbons (Fsp3) is 0.922. The fourth-order valence-corrected chi connectivity index (χ4v) is 10.5. The van der Waals surface area contributed by atoms with E-state index in [0.717, 1.165) is 44.9 Å². The zero-order chi connectivity index (χ0) is 54.7. The van der Waals surface area contributed by atoms with Crippen molar-refractivity contribution >= 4 is 5.91 Å². The van der Waals surface area contributed by atoms with Gasteiger partial charge in [0.15, 0.2) is 6.29 Å². The Balaban J connectivity index is 2.08. The van der Waals surface area contributed by atoms with E-state index < -0.39 is 74.2 Å². The number of rotatable bonds is 56. The van der Waals surface area contributed by atoms with E-state index in [1.54, 1.807) is 0 Å². The maximum atomic E-state index is 13.2. The lowest BCUT2D eigenvalue weighted by Gasteiger charge is -2.40. The minimum atomic E-state index is -1.66. The Bertz CT molecular complexity index is 1270. The summed E-state index contributed by atoms with van der Waals surface area (Å²) >= 11 is 0. The maximum absolute atomic E-state index is 13.2. The summed E-state index contributed by atoms with van der Waals surface area (Å²) in [5.41, 5.74) is 0. The first-order valence-electron chi connectivity index (χ1n) is 32.2. The fourth-order valence-electron chi connectivity index (χ4n) is 10.5. The predicted molar refractivity (Wildman–Crippen MR) is 312 cm³/mol. The number of aliphatic hydroxyl groups excluding tert-OH is 7. The molecule has 0 aromatic rings. The molecule has 444 valence electrons. The van der Waals surface area contributed by atoms with Crippen LogP contribution in [0.4, 0.5) is 0 Å². The number of aliphatic hydroxyl groups is 7. The van der Waals surface area contributed by atoms with Gasteiger partial charge in [0.1, 0.15) is 36.6 Å². The standard InChI is InChI=1S/C64H123NO10/c1-3-5-7-9-11-13-15-16-17-18-19-20-21-22-23-24-25-26-27-28-29-30-31-32-33-34-35-36-37-38-39-40-41-42-44-46-48-50-52-57(68)63(73)65-55(54-74-64-62(72)61(71)60(70)58(53-66)75-64)59(69)56(67)51-49-47-45-43-14-12-10-8-6-4-2/h25-26,28-29,55-62,64,66-72H,3-24,27,30-54H2,1-2H3,(H,65,73)/b26-25-,29-28-. The van der Waals surface area contributed by atoms with Crippen molar-refractivity contribution in [2.75, 3.05) is 13.2 Å².